The van der Waals surface area contributed by atoms with Crippen molar-refractivity contribution in [3.8, 4) is 22.6 Å². The second kappa shape index (κ2) is 5.36. The summed E-state index contributed by atoms with van der Waals surface area (Å²) >= 11 is 0. The van der Waals surface area contributed by atoms with Gasteiger partial charge in [0.1, 0.15) is 5.75 Å². The number of alkyl halides is 3. The van der Waals surface area contributed by atoms with Crippen molar-refractivity contribution < 1.29 is 27.0 Å². The molecule has 7 heteroatoms. The summed E-state index contributed by atoms with van der Waals surface area (Å²) < 4.78 is 58.7. The van der Waals surface area contributed by atoms with Gasteiger partial charge < -0.3 is 9.47 Å². The number of hydrogen-bond donors (Lipinski definition) is 0. The number of halogens is 4. The number of methoxy groups -OCH3 is 1. The molecule has 106 valence electrons. The average Bonchev–Trinajstić information content (AvgIpc) is 2.36. The number of nitrogens with zero attached hydrogens (tertiary/aromatic N) is 1. The third-order valence-corrected chi connectivity index (χ3v) is 2.44. The van der Waals surface area contributed by atoms with Crippen LogP contribution in [0.15, 0.2) is 36.5 Å². The molecule has 0 aliphatic rings. The maximum Gasteiger partial charge on any atom is 0.573 e. The van der Waals surface area contributed by atoms with Crippen LogP contribution in [0.4, 0.5) is 17.6 Å². The van der Waals surface area contributed by atoms with Crippen LogP contribution in [0.5, 0.6) is 11.5 Å². The van der Waals surface area contributed by atoms with E-state index >= 15 is 0 Å². The van der Waals surface area contributed by atoms with Crippen LogP contribution in [-0.4, -0.2) is 18.5 Å². The molecule has 0 bridgehead atoms. The van der Waals surface area contributed by atoms with Crippen LogP contribution in [0.3, 0.4) is 0 Å². The zero-order chi connectivity index (χ0) is 14.8. The molecule has 0 aliphatic heterocycles. The van der Waals surface area contributed by atoms with Crippen LogP contribution in [-0.2, 0) is 0 Å². The minimum atomic E-state index is -4.79. The van der Waals surface area contributed by atoms with Crippen molar-refractivity contribution in [1.82, 2.24) is 4.98 Å². The van der Waals surface area contributed by atoms with Crippen molar-refractivity contribution in [2.45, 2.75) is 6.36 Å². The standard InChI is InChI=1S/C13H9F4NO2/c1-19-11-10(5-6-18-12(11)14)8-3-2-4-9(7-8)20-13(15,16)17/h2-7H,1H3. The second-order valence-corrected chi connectivity index (χ2v) is 3.76. The number of hydrogen-bond acceptors (Lipinski definition) is 3. The summed E-state index contributed by atoms with van der Waals surface area (Å²) in [6.07, 6.45) is -3.59. The quantitative estimate of drug-likeness (QED) is 0.635. The Morgan fingerprint density at radius 2 is 1.90 bits per heavy atom. The molecule has 1 heterocycles. The molecule has 0 saturated heterocycles. The number of aromatic nitrogens is 1. The highest BCUT2D eigenvalue weighted by Gasteiger charge is 2.31. The lowest BCUT2D eigenvalue weighted by Crippen LogP contribution is -2.17. The molecule has 0 aliphatic carbocycles. The van der Waals surface area contributed by atoms with Crippen molar-refractivity contribution in [3.63, 3.8) is 0 Å². The minimum Gasteiger partial charge on any atom is -0.491 e. The van der Waals surface area contributed by atoms with Crippen LogP contribution in [0.25, 0.3) is 11.1 Å². The zero-order valence-electron chi connectivity index (χ0n) is 10.2. The van der Waals surface area contributed by atoms with Crippen molar-refractivity contribution in [2.24, 2.45) is 0 Å². The molecule has 1 aromatic carbocycles. The molecule has 0 fully saturated rings. The third kappa shape index (κ3) is 3.17. The number of rotatable bonds is 3. The van der Waals surface area contributed by atoms with Crippen LogP contribution < -0.4 is 9.47 Å². The van der Waals surface area contributed by atoms with Gasteiger partial charge in [0.05, 0.1) is 7.11 Å². The van der Waals surface area contributed by atoms with E-state index in [2.05, 4.69) is 9.72 Å². The molecule has 2 aromatic rings. The fraction of sp³-hybridized carbons (Fsp3) is 0.154. The molecule has 1 aromatic heterocycles. The lowest BCUT2D eigenvalue weighted by Gasteiger charge is -2.12. The normalized spacial score (nSPS) is 11.2. The van der Waals surface area contributed by atoms with Gasteiger partial charge in [-0.15, -0.1) is 13.2 Å². The van der Waals surface area contributed by atoms with E-state index in [0.29, 0.717) is 5.56 Å². The van der Waals surface area contributed by atoms with E-state index in [1.54, 1.807) is 0 Å². The van der Waals surface area contributed by atoms with E-state index in [9.17, 15) is 17.6 Å². The Bertz CT molecular complexity index is 614. The Morgan fingerprint density at radius 3 is 2.55 bits per heavy atom. The molecule has 0 amide bonds. The van der Waals surface area contributed by atoms with Crippen molar-refractivity contribution in [3.05, 3.63) is 42.5 Å². The SMILES string of the molecule is COc1c(-c2cccc(OC(F)(F)F)c2)ccnc1F. The summed E-state index contributed by atoms with van der Waals surface area (Å²) in [6, 6.07) is 6.62. The van der Waals surface area contributed by atoms with Gasteiger partial charge in [-0.1, -0.05) is 12.1 Å². The van der Waals surface area contributed by atoms with E-state index < -0.39 is 18.1 Å². The fourth-order valence-corrected chi connectivity index (χ4v) is 1.70. The molecular weight excluding hydrogens is 278 g/mol. The van der Waals surface area contributed by atoms with Crippen LogP contribution >= 0.6 is 0 Å². The predicted molar refractivity (Wildman–Crippen MR) is 62.9 cm³/mol. The van der Waals surface area contributed by atoms with E-state index in [1.165, 1.54) is 31.5 Å². The molecule has 0 spiro atoms. The highest BCUT2D eigenvalue weighted by Crippen LogP contribution is 2.34. The van der Waals surface area contributed by atoms with E-state index in [-0.39, 0.29) is 11.3 Å². The van der Waals surface area contributed by atoms with E-state index in [4.69, 9.17) is 4.74 Å². The summed E-state index contributed by atoms with van der Waals surface area (Å²) in [5, 5.41) is 0. The Kier molecular flexibility index (Phi) is 3.78. The molecular formula is C13H9F4NO2. The zero-order valence-corrected chi connectivity index (χ0v) is 10.2. The van der Waals surface area contributed by atoms with Gasteiger partial charge >= 0.3 is 6.36 Å². The molecule has 0 atom stereocenters. The van der Waals surface area contributed by atoms with Gasteiger partial charge in [-0.25, -0.2) is 4.98 Å². The fourth-order valence-electron chi connectivity index (χ4n) is 1.70. The van der Waals surface area contributed by atoms with Gasteiger partial charge in [0.2, 0.25) is 0 Å². The molecule has 0 unspecified atom stereocenters. The summed E-state index contributed by atoms with van der Waals surface area (Å²) in [6.45, 7) is 0. The molecule has 0 N–H and O–H groups in total. The monoisotopic (exact) mass is 287 g/mol. The highest BCUT2D eigenvalue weighted by atomic mass is 19.4. The van der Waals surface area contributed by atoms with E-state index in [1.807, 2.05) is 0 Å². The lowest BCUT2D eigenvalue weighted by molar-refractivity contribution is -0.274. The molecule has 2 rings (SSSR count). The van der Waals surface area contributed by atoms with Gasteiger partial charge in [0.15, 0.2) is 5.75 Å². The van der Waals surface area contributed by atoms with Crippen molar-refractivity contribution >= 4 is 0 Å². The highest BCUT2D eigenvalue weighted by molar-refractivity contribution is 5.71. The first-order chi connectivity index (χ1) is 9.40. The minimum absolute atomic E-state index is 0.142. The maximum atomic E-state index is 13.5. The lowest BCUT2D eigenvalue weighted by atomic mass is 10.1. The molecule has 20 heavy (non-hydrogen) atoms. The Balaban J connectivity index is 2.44. The number of benzene rings is 1. The van der Waals surface area contributed by atoms with E-state index in [0.717, 1.165) is 12.1 Å². The summed E-state index contributed by atoms with van der Waals surface area (Å²) in [5.41, 5.74) is 0.609. The second-order valence-electron chi connectivity index (χ2n) is 3.76. The predicted octanol–water partition coefficient (Wildman–Crippen LogP) is 3.79. The van der Waals surface area contributed by atoms with Gasteiger partial charge in [-0.05, 0) is 23.8 Å². The molecule has 3 nitrogen and oxygen atoms in total. The van der Waals surface area contributed by atoms with Gasteiger partial charge in [0.25, 0.3) is 5.95 Å². The third-order valence-electron chi connectivity index (χ3n) is 2.44. The smallest absolute Gasteiger partial charge is 0.491 e. The first-order valence-electron chi connectivity index (χ1n) is 5.45. The maximum absolute atomic E-state index is 13.5. The van der Waals surface area contributed by atoms with Gasteiger partial charge in [-0.3, -0.25) is 0 Å². The molecule has 0 saturated carbocycles. The first kappa shape index (κ1) is 14.1. The van der Waals surface area contributed by atoms with Gasteiger partial charge in [-0.2, -0.15) is 4.39 Å². The number of pyridine rings is 1. The Labute approximate surface area is 111 Å². The Hall–Kier alpha value is -2.31. The van der Waals surface area contributed by atoms with Crippen LogP contribution in [0.1, 0.15) is 0 Å². The van der Waals surface area contributed by atoms with Crippen molar-refractivity contribution in [1.29, 1.82) is 0 Å². The largest absolute Gasteiger partial charge is 0.573 e. The molecule has 0 radical (unpaired) electrons. The number of ether oxygens (including phenoxy) is 2. The summed E-state index contributed by atoms with van der Waals surface area (Å²) in [5.74, 6) is -1.38. The summed E-state index contributed by atoms with van der Waals surface area (Å²) in [4.78, 5) is 3.42. The Morgan fingerprint density at radius 1 is 1.15 bits per heavy atom. The summed E-state index contributed by atoms with van der Waals surface area (Å²) in [7, 11) is 1.25. The van der Waals surface area contributed by atoms with Gasteiger partial charge in [0, 0.05) is 11.8 Å². The van der Waals surface area contributed by atoms with Crippen LogP contribution in [0.2, 0.25) is 0 Å². The first-order valence-corrected chi connectivity index (χ1v) is 5.45. The van der Waals surface area contributed by atoms with Crippen molar-refractivity contribution in [2.75, 3.05) is 7.11 Å². The average molecular weight is 287 g/mol. The van der Waals surface area contributed by atoms with Crippen LogP contribution in [0, 0.1) is 5.95 Å². The topological polar surface area (TPSA) is 31.4 Å².